The lowest BCUT2D eigenvalue weighted by Gasteiger charge is -2.32. The van der Waals surface area contributed by atoms with E-state index in [0.29, 0.717) is 46.2 Å². The number of fused-ring (bicyclic) bond motifs is 1. The van der Waals surface area contributed by atoms with Crippen LogP contribution in [0.3, 0.4) is 0 Å². The Kier molecular flexibility index (Phi) is 5.97. The van der Waals surface area contributed by atoms with E-state index in [9.17, 15) is 4.79 Å². The van der Waals surface area contributed by atoms with E-state index in [1.807, 2.05) is 11.1 Å². The van der Waals surface area contributed by atoms with Crippen LogP contribution in [0, 0.1) is 0 Å². The number of carbonyl (C=O) groups is 1. The molecule has 2 saturated heterocycles. The molecule has 0 radical (unpaired) electrons. The number of anilines is 1. The van der Waals surface area contributed by atoms with Crippen LogP contribution in [0.4, 0.5) is 5.69 Å². The fraction of sp³-hybridized carbons (Fsp3) is 0.435. The lowest BCUT2D eigenvalue weighted by Crippen LogP contribution is -2.38. The predicted octanol–water partition coefficient (Wildman–Crippen LogP) is 4.76. The number of piperidine rings is 1. The fourth-order valence-corrected chi connectivity index (χ4v) is 5.10. The zero-order valence-electron chi connectivity index (χ0n) is 17.6. The van der Waals surface area contributed by atoms with Gasteiger partial charge in [0.1, 0.15) is 5.82 Å². The van der Waals surface area contributed by atoms with E-state index >= 15 is 0 Å². The van der Waals surface area contributed by atoms with E-state index < -0.39 is 0 Å². The lowest BCUT2D eigenvalue weighted by atomic mass is 9.89. The number of pyridine rings is 1. The summed E-state index contributed by atoms with van der Waals surface area (Å²) in [7, 11) is 0. The third kappa shape index (κ3) is 4.05. The second-order valence-corrected chi connectivity index (χ2v) is 9.34. The zero-order valence-corrected chi connectivity index (χ0v) is 19.1. The van der Waals surface area contributed by atoms with Gasteiger partial charge in [-0.05, 0) is 55.4 Å². The largest absolute Gasteiger partial charge is 0.398 e. The molecule has 9 heteroatoms. The minimum atomic E-state index is -0.109. The lowest BCUT2D eigenvalue weighted by molar-refractivity contribution is 0.0714. The highest BCUT2D eigenvalue weighted by Gasteiger charge is 2.28. The van der Waals surface area contributed by atoms with Crippen molar-refractivity contribution in [3.05, 3.63) is 51.4 Å². The number of benzene rings is 1. The number of aromatic amines is 1. The number of aromatic nitrogens is 3. The summed E-state index contributed by atoms with van der Waals surface area (Å²) in [5.74, 6) is 1.62. The number of nitrogens with one attached hydrogen (secondary N) is 1. The molecular weight excluding hydrogens is 449 g/mol. The zero-order chi connectivity index (χ0) is 22.2. The van der Waals surface area contributed by atoms with E-state index in [1.165, 1.54) is 11.6 Å². The van der Waals surface area contributed by atoms with Gasteiger partial charge in [0.15, 0.2) is 5.65 Å². The van der Waals surface area contributed by atoms with Crippen LogP contribution in [0.1, 0.15) is 59.3 Å². The Balaban J connectivity index is 1.32. The molecule has 1 aromatic carbocycles. The molecular formula is C23H25Cl2N5O2. The van der Waals surface area contributed by atoms with Crippen molar-refractivity contribution in [1.82, 2.24) is 19.9 Å². The Hall–Kier alpha value is -2.35. The number of nitrogens with two attached hydrogens (primary N) is 1. The summed E-state index contributed by atoms with van der Waals surface area (Å²) in [5.41, 5.74) is 9.79. The number of H-pyrrole nitrogens is 1. The second-order valence-electron chi connectivity index (χ2n) is 8.53. The van der Waals surface area contributed by atoms with E-state index in [1.54, 1.807) is 6.07 Å². The molecule has 0 spiro atoms. The summed E-state index contributed by atoms with van der Waals surface area (Å²) in [4.78, 5) is 27.7. The third-order valence-corrected chi connectivity index (χ3v) is 7.32. The highest BCUT2D eigenvalue weighted by molar-refractivity contribution is 6.42. The second kappa shape index (κ2) is 8.89. The number of hydrogen-bond donors (Lipinski definition) is 2. The van der Waals surface area contributed by atoms with Gasteiger partial charge in [-0.3, -0.25) is 4.79 Å². The molecule has 0 unspecified atom stereocenters. The number of carbonyl (C=O) groups excluding carboxylic acids is 1. The van der Waals surface area contributed by atoms with E-state index in [4.69, 9.17) is 38.7 Å². The molecule has 3 aromatic rings. The smallest absolute Gasteiger partial charge is 0.255 e. The van der Waals surface area contributed by atoms with Crippen LogP contribution < -0.4 is 5.73 Å². The molecule has 2 aliphatic heterocycles. The molecule has 3 N–H and O–H groups in total. The average Bonchev–Trinajstić information content (AvgIpc) is 3.26. The van der Waals surface area contributed by atoms with Crippen LogP contribution in [0.15, 0.2) is 24.4 Å². The summed E-state index contributed by atoms with van der Waals surface area (Å²) in [5, 5.41) is 0.679. The van der Waals surface area contributed by atoms with Gasteiger partial charge in [0.25, 0.3) is 5.91 Å². The van der Waals surface area contributed by atoms with Crippen LogP contribution in [-0.2, 0) is 4.74 Å². The molecule has 32 heavy (non-hydrogen) atoms. The Labute approximate surface area is 196 Å². The summed E-state index contributed by atoms with van der Waals surface area (Å²) >= 11 is 12.1. The molecule has 5 rings (SSSR count). The van der Waals surface area contributed by atoms with Crippen molar-refractivity contribution < 1.29 is 9.53 Å². The summed E-state index contributed by atoms with van der Waals surface area (Å²) in [6.45, 7) is 2.84. The number of likely N-dealkylation sites (tertiary alicyclic amines) is 1. The molecule has 0 aliphatic carbocycles. The maximum atomic E-state index is 13.0. The van der Waals surface area contributed by atoms with Crippen LogP contribution in [-0.4, -0.2) is 52.1 Å². The summed E-state index contributed by atoms with van der Waals surface area (Å²) in [6, 6.07) is 5.17. The molecule has 7 nitrogen and oxygen atoms in total. The van der Waals surface area contributed by atoms with Crippen molar-refractivity contribution >= 4 is 46.0 Å². The van der Waals surface area contributed by atoms with Gasteiger partial charge in [-0.1, -0.05) is 23.2 Å². The minimum Gasteiger partial charge on any atom is -0.398 e. The van der Waals surface area contributed by atoms with Gasteiger partial charge >= 0.3 is 0 Å². The van der Waals surface area contributed by atoms with Gasteiger partial charge in [0.2, 0.25) is 0 Å². The minimum absolute atomic E-state index is 0.109. The summed E-state index contributed by atoms with van der Waals surface area (Å²) in [6.07, 6.45) is 5.51. The standard InChI is InChI=1S/C23H25Cl2N5O2/c24-17-11-16(19(26)12-18(17)25)23(31)30-7-2-13(3-8-30)15-1-6-27-22-20(15)28-21(29-22)14-4-9-32-10-5-14/h1,6,11-14H,2-5,7-10,26H2,(H,27,28,29). The predicted molar refractivity (Wildman–Crippen MR) is 125 cm³/mol. The Morgan fingerprint density at radius 1 is 1.09 bits per heavy atom. The third-order valence-electron chi connectivity index (χ3n) is 6.60. The van der Waals surface area contributed by atoms with Crippen LogP contribution in [0.5, 0.6) is 0 Å². The first-order valence-electron chi connectivity index (χ1n) is 11.0. The van der Waals surface area contributed by atoms with Crippen LogP contribution in [0.2, 0.25) is 10.0 Å². The first-order valence-corrected chi connectivity index (χ1v) is 11.7. The van der Waals surface area contributed by atoms with Gasteiger partial charge in [-0.2, -0.15) is 0 Å². The van der Waals surface area contributed by atoms with Crippen LogP contribution in [0.25, 0.3) is 11.2 Å². The van der Waals surface area contributed by atoms with E-state index in [-0.39, 0.29) is 5.91 Å². The first-order chi connectivity index (χ1) is 15.5. The number of nitrogen functional groups attached to an aromatic ring is 1. The Morgan fingerprint density at radius 2 is 1.81 bits per heavy atom. The molecule has 4 heterocycles. The van der Waals surface area contributed by atoms with Crippen molar-refractivity contribution in [2.24, 2.45) is 0 Å². The van der Waals surface area contributed by atoms with Crippen LogP contribution >= 0.6 is 23.2 Å². The SMILES string of the molecule is Nc1cc(Cl)c(Cl)cc1C(=O)N1CCC(c2ccnc3nc(C4CCOCC4)[nH]c23)CC1. The van der Waals surface area contributed by atoms with Crippen molar-refractivity contribution in [1.29, 1.82) is 0 Å². The molecule has 168 valence electrons. The number of amides is 1. The first kappa shape index (κ1) is 21.5. The number of nitrogens with zero attached hydrogens (tertiary/aromatic N) is 3. The quantitative estimate of drug-likeness (QED) is 0.534. The topological polar surface area (TPSA) is 97.1 Å². The number of ether oxygens (including phenoxy) is 1. The van der Waals surface area contributed by atoms with Gasteiger partial charge in [0, 0.05) is 44.1 Å². The molecule has 0 atom stereocenters. The van der Waals surface area contributed by atoms with Crippen molar-refractivity contribution in [2.45, 2.75) is 37.5 Å². The average molecular weight is 474 g/mol. The van der Waals surface area contributed by atoms with Crippen molar-refractivity contribution in [2.75, 3.05) is 32.0 Å². The monoisotopic (exact) mass is 473 g/mol. The normalized spacial score (nSPS) is 18.4. The molecule has 0 bridgehead atoms. The molecule has 2 aromatic heterocycles. The number of rotatable bonds is 3. The number of halogens is 2. The maximum absolute atomic E-state index is 13.0. The highest BCUT2D eigenvalue weighted by atomic mass is 35.5. The van der Waals surface area contributed by atoms with Gasteiger partial charge in [-0.25, -0.2) is 9.97 Å². The van der Waals surface area contributed by atoms with E-state index in [0.717, 1.165) is 55.9 Å². The molecule has 0 saturated carbocycles. The fourth-order valence-electron chi connectivity index (χ4n) is 4.76. The molecule has 2 fully saturated rings. The number of hydrogen-bond acceptors (Lipinski definition) is 5. The van der Waals surface area contributed by atoms with Crippen molar-refractivity contribution in [3.63, 3.8) is 0 Å². The number of imidazole rings is 1. The van der Waals surface area contributed by atoms with E-state index in [2.05, 4.69) is 16.0 Å². The highest BCUT2D eigenvalue weighted by Crippen LogP contribution is 2.35. The molecule has 1 amide bonds. The van der Waals surface area contributed by atoms with Crippen molar-refractivity contribution in [3.8, 4) is 0 Å². The maximum Gasteiger partial charge on any atom is 0.255 e. The van der Waals surface area contributed by atoms with Gasteiger partial charge in [0.05, 0.1) is 21.1 Å². The Bertz CT molecular complexity index is 1150. The molecule has 2 aliphatic rings. The summed E-state index contributed by atoms with van der Waals surface area (Å²) < 4.78 is 5.48. The van der Waals surface area contributed by atoms with Gasteiger partial charge < -0.3 is 20.4 Å². The Morgan fingerprint density at radius 3 is 2.56 bits per heavy atom. The van der Waals surface area contributed by atoms with Gasteiger partial charge in [-0.15, -0.1) is 0 Å².